The Morgan fingerprint density at radius 2 is 1.57 bits per heavy atom. The molecule has 1 atom stereocenters. The number of hydrogen-bond donors (Lipinski definition) is 0. The van der Waals surface area contributed by atoms with E-state index in [1.807, 2.05) is 6.92 Å². The molecule has 0 aromatic carbocycles. The molecule has 136 valence electrons. The Balaban J connectivity index is 3.50. The summed E-state index contributed by atoms with van der Waals surface area (Å²) in [6.45, 7) is 7.50. The van der Waals surface area contributed by atoms with Gasteiger partial charge in [0.15, 0.2) is 0 Å². The minimum absolute atomic E-state index is 0.00397. The zero-order chi connectivity index (χ0) is 17.6. The lowest BCUT2D eigenvalue weighted by molar-refractivity contribution is -0.142. The van der Waals surface area contributed by atoms with Crippen LogP contribution in [0.25, 0.3) is 0 Å². The normalized spacial score (nSPS) is 12.9. The average molecular weight is 345 g/mol. The number of unbranched alkanes of at least 4 members (excludes halogenated alkanes) is 6. The van der Waals surface area contributed by atoms with Crippen LogP contribution in [0.3, 0.4) is 0 Å². The van der Waals surface area contributed by atoms with Gasteiger partial charge in [0.2, 0.25) is 0 Å². The van der Waals surface area contributed by atoms with E-state index in [0.29, 0.717) is 0 Å². The van der Waals surface area contributed by atoms with Gasteiger partial charge in [-0.25, -0.2) is 4.79 Å². The van der Waals surface area contributed by atoms with Crippen LogP contribution in [-0.4, -0.2) is 34.9 Å². The smallest absolute Gasteiger partial charge is 0.337 e. The van der Waals surface area contributed by atoms with Crippen LogP contribution in [0.4, 0.5) is 0 Å². The Kier molecular flexibility index (Phi) is 13.4. The van der Waals surface area contributed by atoms with Crippen molar-refractivity contribution in [2.45, 2.75) is 83.4 Å². The highest BCUT2D eigenvalue weighted by molar-refractivity contribution is 6.67. The van der Waals surface area contributed by atoms with E-state index in [-0.39, 0.29) is 12.1 Å². The summed E-state index contributed by atoms with van der Waals surface area (Å²) in [5.74, 6) is -0.323. The van der Waals surface area contributed by atoms with Gasteiger partial charge in [0.1, 0.15) is 0 Å². The molecule has 0 spiro atoms. The summed E-state index contributed by atoms with van der Waals surface area (Å²) in [4.78, 5) is 11.0. The Labute approximate surface area is 143 Å². The monoisotopic (exact) mass is 344 g/mol. The van der Waals surface area contributed by atoms with E-state index in [2.05, 4.69) is 13.5 Å². The van der Waals surface area contributed by atoms with E-state index in [4.69, 9.17) is 13.6 Å². The number of carbonyl (C=O) groups is 1. The molecule has 0 saturated heterocycles. The quantitative estimate of drug-likeness (QED) is 0.182. The van der Waals surface area contributed by atoms with Gasteiger partial charge in [0.25, 0.3) is 0 Å². The molecular weight excluding hydrogens is 308 g/mol. The van der Waals surface area contributed by atoms with Gasteiger partial charge >= 0.3 is 14.5 Å². The van der Waals surface area contributed by atoms with Gasteiger partial charge in [-0.1, -0.05) is 52.0 Å². The molecule has 23 heavy (non-hydrogen) atoms. The standard InChI is InChI=1S/C18H36O4Si/c1-6-18(19)22-17(3)15-13-11-9-8-10-12-14-16-23(7-2,20-4)21-5/h6,17H,1,7-16H2,2-5H3. The summed E-state index contributed by atoms with van der Waals surface area (Å²) < 4.78 is 16.4. The predicted octanol–water partition coefficient (Wildman–Crippen LogP) is 4.98. The molecule has 0 saturated carbocycles. The Bertz CT molecular complexity index is 308. The molecule has 0 radical (unpaired) electrons. The molecule has 0 aliphatic heterocycles. The maximum absolute atomic E-state index is 11.0. The van der Waals surface area contributed by atoms with Crippen molar-refractivity contribution in [3.05, 3.63) is 12.7 Å². The van der Waals surface area contributed by atoms with Gasteiger partial charge in [0.05, 0.1) is 6.10 Å². The topological polar surface area (TPSA) is 44.8 Å². The van der Waals surface area contributed by atoms with Gasteiger partial charge in [-0.2, -0.15) is 0 Å². The number of ether oxygens (including phenoxy) is 1. The summed E-state index contributed by atoms with van der Waals surface area (Å²) in [7, 11) is 1.69. The van der Waals surface area contributed by atoms with Crippen molar-refractivity contribution in [3.8, 4) is 0 Å². The van der Waals surface area contributed by atoms with Crippen molar-refractivity contribution in [2.75, 3.05) is 14.2 Å². The van der Waals surface area contributed by atoms with E-state index in [0.717, 1.165) is 24.9 Å². The van der Waals surface area contributed by atoms with Crippen molar-refractivity contribution in [1.29, 1.82) is 0 Å². The Morgan fingerprint density at radius 3 is 2.04 bits per heavy atom. The summed E-state index contributed by atoms with van der Waals surface area (Å²) in [6.07, 6.45) is 10.8. The van der Waals surface area contributed by atoms with Crippen LogP contribution >= 0.6 is 0 Å². The molecule has 0 N–H and O–H groups in total. The van der Waals surface area contributed by atoms with Crippen LogP contribution in [0.15, 0.2) is 12.7 Å². The van der Waals surface area contributed by atoms with Crippen LogP contribution in [0.1, 0.15) is 65.2 Å². The second-order valence-electron chi connectivity index (χ2n) is 6.14. The third kappa shape index (κ3) is 10.7. The van der Waals surface area contributed by atoms with Crippen molar-refractivity contribution in [3.63, 3.8) is 0 Å². The predicted molar refractivity (Wildman–Crippen MR) is 97.7 cm³/mol. The Morgan fingerprint density at radius 1 is 1.04 bits per heavy atom. The number of carbonyl (C=O) groups excluding carboxylic acids is 1. The van der Waals surface area contributed by atoms with Crippen molar-refractivity contribution in [2.24, 2.45) is 0 Å². The highest BCUT2D eigenvalue weighted by Crippen LogP contribution is 2.21. The maximum Gasteiger partial charge on any atom is 0.337 e. The molecule has 0 fully saturated rings. The van der Waals surface area contributed by atoms with E-state index in [1.54, 1.807) is 14.2 Å². The fourth-order valence-electron chi connectivity index (χ4n) is 2.77. The lowest BCUT2D eigenvalue weighted by Gasteiger charge is -2.25. The third-order valence-electron chi connectivity index (χ3n) is 4.44. The molecule has 4 nitrogen and oxygen atoms in total. The summed E-state index contributed by atoms with van der Waals surface area (Å²) in [6, 6.07) is 2.12. The summed E-state index contributed by atoms with van der Waals surface area (Å²) in [5.41, 5.74) is 0. The van der Waals surface area contributed by atoms with Gasteiger partial charge in [-0.05, 0) is 31.9 Å². The van der Waals surface area contributed by atoms with E-state index >= 15 is 0 Å². The molecule has 0 aromatic rings. The average Bonchev–Trinajstić information content (AvgIpc) is 2.57. The minimum atomic E-state index is -1.88. The molecule has 0 aromatic heterocycles. The van der Waals surface area contributed by atoms with E-state index in [9.17, 15) is 4.79 Å². The van der Waals surface area contributed by atoms with Crippen LogP contribution < -0.4 is 0 Å². The number of rotatable bonds is 15. The van der Waals surface area contributed by atoms with Crippen LogP contribution in [0.2, 0.25) is 12.1 Å². The zero-order valence-corrected chi connectivity index (χ0v) is 16.6. The summed E-state index contributed by atoms with van der Waals surface area (Å²) >= 11 is 0. The first-order valence-electron chi connectivity index (χ1n) is 8.97. The molecular formula is C18H36O4Si. The fourth-order valence-corrected chi connectivity index (χ4v) is 5.06. The fraction of sp³-hybridized carbons (Fsp3) is 0.833. The van der Waals surface area contributed by atoms with E-state index < -0.39 is 8.56 Å². The van der Waals surface area contributed by atoms with E-state index in [1.165, 1.54) is 44.6 Å². The first-order valence-corrected chi connectivity index (χ1v) is 11.2. The molecule has 5 heteroatoms. The number of esters is 1. The largest absolute Gasteiger partial charge is 0.460 e. The Hall–Kier alpha value is -0.653. The first kappa shape index (κ1) is 22.3. The zero-order valence-electron chi connectivity index (χ0n) is 15.6. The van der Waals surface area contributed by atoms with Gasteiger partial charge in [0, 0.05) is 20.3 Å². The van der Waals surface area contributed by atoms with Gasteiger partial charge in [-0.3, -0.25) is 0 Å². The second kappa shape index (κ2) is 13.8. The van der Waals surface area contributed by atoms with Crippen LogP contribution in [0.5, 0.6) is 0 Å². The molecule has 0 rings (SSSR count). The first-order chi connectivity index (χ1) is 11.0. The van der Waals surface area contributed by atoms with Gasteiger partial charge in [-0.15, -0.1) is 0 Å². The highest BCUT2D eigenvalue weighted by Gasteiger charge is 2.32. The number of hydrogen-bond acceptors (Lipinski definition) is 4. The SMILES string of the molecule is C=CC(=O)OC(C)CCCCCCCCC[Si](CC)(OC)OC. The molecule has 0 amide bonds. The van der Waals surface area contributed by atoms with Crippen molar-refractivity contribution < 1.29 is 18.4 Å². The molecule has 0 heterocycles. The highest BCUT2D eigenvalue weighted by atomic mass is 28.4. The molecule has 0 aliphatic carbocycles. The minimum Gasteiger partial charge on any atom is -0.460 e. The van der Waals surface area contributed by atoms with Crippen LogP contribution in [-0.2, 0) is 18.4 Å². The molecule has 0 aliphatic rings. The summed E-state index contributed by atoms with van der Waals surface area (Å²) in [5, 5.41) is 0. The lowest BCUT2D eigenvalue weighted by Crippen LogP contribution is -2.38. The molecule has 1 unspecified atom stereocenters. The van der Waals surface area contributed by atoms with Gasteiger partial charge < -0.3 is 13.6 Å². The lowest BCUT2D eigenvalue weighted by atomic mass is 10.1. The third-order valence-corrected chi connectivity index (χ3v) is 8.12. The van der Waals surface area contributed by atoms with Crippen LogP contribution in [0, 0.1) is 0 Å². The maximum atomic E-state index is 11.0. The second-order valence-corrected chi connectivity index (χ2v) is 9.98. The molecule has 0 bridgehead atoms. The van der Waals surface area contributed by atoms with Crippen molar-refractivity contribution in [1.82, 2.24) is 0 Å². The van der Waals surface area contributed by atoms with Crippen molar-refractivity contribution >= 4 is 14.5 Å².